The monoisotopic (exact) mass is 669 g/mol. The van der Waals surface area contributed by atoms with Crippen molar-refractivity contribution < 1.29 is 53.8 Å². The number of carboxylic acids is 1. The molecule has 9 N–H and O–H groups in total. The number of anilines is 1. The molecule has 0 radical (unpaired) electrons. The first kappa shape index (κ1) is 35.9. The van der Waals surface area contributed by atoms with E-state index in [2.05, 4.69) is 10.6 Å². The maximum absolute atomic E-state index is 12.5. The highest BCUT2D eigenvalue weighted by atomic mass is 16.7. The Hall–Kier alpha value is -4.96. The minimum Gasteiger partial charge on any atom is -0.508 e. The molecule has 0 bridgehead atoms. The maximum Gasteiger partial charge on any atom is 0.371 e. The van der Waals surface area contributed by atoms with Gasteiger partial charge in [0.15, 0.2) is 0 Å². The van der Waals surface area contributed by atoms with Crippen molar-refractivity contribution in [2.45, 2.75) is 69.7 Å². The SMILES string of the molecule is Cc1c(CC(=O)NCCCCCC(=O)NC[C@H]2O[C@@H](O/C(=C/c3ccc(O)cc3)C(=O)O)[C@H](O)[C@@H](O)[C@H]2O)c(=O)oc2cc(N)ccc12. The molecule has 0 unspecified atom stereocenters. The van der Waals surface area contributed by atoms with Crippen molar-refractivity contribution in [3.63, 3.8) is 0 Å². The molecule has 258 valence electrons. The molecule has 1 fully saturated rings. The summed E-state index contributed by atoms with van der Waals surface area (Å²) < 4.78 is 16.2. The van der Waals surface area contributed by atoms with Gasteiger partial charge in [0.1, 0.15) is 35.7 Å². The molecule has 0 aliphatic carbocycles. The van der Waals surface area contributed by atoms with Gasteiger partial charge in [0.05, 0.1) is 12.0 Å². The zero-order valence-electron chi connectivity index (χ0n) is 26.1. The summed E-state index contributed by atoms with van der Waals surface area (Å²) in [6, 6.07) is 10.5. The molecule has 1 aliphatic rings. The number of aromatic hydroxyl groups is 1. The number of fused-ring (bicyclic) bond motifs is 1. The van der Waals surface area contributed by atoms with Crippen molar-refractivity contribution in [1.82, 2.24) is 10.6 Å². The van der Waals surface area contributed by atoms with Gasteiger partial charge >= 0.3 is 11.6 Å². The number of hydrogen-bond acceptors (Lipinski definition) is 12. The van der Waals surface area contributed by atoms with E-state index in [0.29, 0.717) is 53.6 Å². The molecule has 5 atom stereocenters. The summed E-state index contributed by atoms with van der Waals surface area (Å²) in [6.45, 7) is 1.81. The molecule has 2 amide bonds. The van der Waals surface area contributed by atoms with Gasteiger partial charge in [-0.15, -0.1) is 0 Å². The smallest absolute Gasteiger partial charge is 0.371 e. The number of benzene rings is 2. The van der Waals surface area contributed by atoms with Crippen molar-refractivity contribution in [1.29, 1.82) is 0 Å². The predicted octanol–water partition coefficient (Wildman–Crippen LogP) is 0.674. The van der Waals surface area contributed by atoms with Gasteiger partial charge in [-0.25, -0.2) is 9.59 Å². The Kier molecular flexibility index (Phi) is 12.1. The lowest BCUT2D eigenvalue weighted by molar-refractivity contribution is -0.285. The third-order valence-electron chi connectivity index (χ3n) is 7.87. The predicted molar refractivity (Wildman–Crippen MR) is 171 cm³/mol. The molecule has 4 rings (SSSR count). The van der Waals surface area contributed by atoms with Crippen molar-refractivity contribution in [2.24, 2.45) is 0 Å². The van der Waals surface area contributed by atoms with Crippen LogP contribution in [0, 0.1) is 6.92 Å². The molecule has 48 heavy (non-hydrogen) atoms. The van der Waals surface area contributed by atoms with Gasteiger partial charge < -0.3 is 55.8 Å². The minimum absolute atomic E-state index is 0.0322. The van der Waals surface area contributed by atoms with Crippen molar-refractivity contribution in [3.8, 4) is 5.75 Å². The Labute approximate surface area is 274 Å². The molecular weight excluding hydrogens is 630 g/mol. The first-order chi connectivity index (χ1) is 22.8. The fourth-order valence-corrected chi connectivity index (χ4v) is 5.13. The molecule has 1 aromatic heterocycles. The third kappa shape index (κ3) is 9.32. The lowest BCUT2D eigenvalue weighted by Gasteiger charge is -2.40. The van der Waals surface area contributed by atoms with Gasteiger partial charge in [-0.2, -0.15) is 0 Å². The van der Waals surface area contributed by atoms with E-state index in [1.165, 1.54) is 24.3 Å². The first-order valence-corrected chi connectivity index (χ1v) is 15.3. The van der Waals surface area contributed by atoms with E-state index in [0.717, 1.165) is 6.08 Å². The standard InChI is InChI=1S/C33H39N3O12/c1-17-21-11-8-19(34)14-23(21)46-32(45)22(17)15-27(39)35-12-4-2-3-5-26(38)36-16-25-28(40)29(41)30(42)33(48-25)47-24(31(43)44)13-18-6-9-20(37)10-7-18/h6-11,13-14,25,28-30,33,37,40-42H,2-5,12,15-16,34H2,1H3,(H,35,39)(H,36,38)(H,43,44)/b24-13+/t25-,28+,29+,30-,33-/m1/s1. The molecule has 15 nitrogen and oxygen atoms in total. The summed E-state index contributed by atoms with van der Waals surface area (Å²) in [5.74, 6) is -2.89. The highest BCUT2D eigenvalue weighted by Gasteiger charge is 2.45. The topological polar surface area (TPSA) is 251 Å². The summed E-state index contributed by atoms with van der Waals surface area (Å²) in [5.41, 5.74) is 7.24. The Morgan fingerprint density at radius 3 is 2.40 bits per heavy atom. The van der Waals surface area contributed by atoms with Gasteiger partial charge in [-0.1, -0.05) is 18.6 Å². The molecule has 0 spiro atoms. The van der Waals surface area contributed by atoms with Crippen LogP contribution in [0.25, 0.3) is 17.0 Å². The molecule has 3 aromatic rings. The number of aliphatic carboxylic acids is 1. The van der Waals surface area contributed by atoms with Gasteiger partial charge in [-0.05, 0) is 61.2 Å². The summed E-state index contributed by atoms with van der Waals surface area (Å²) in [6.07, 6.45) is -5.35. The molecule has 0 saturated carbocycles. The number of carboxylic acid groups (broad SMARTS) is 1. The number of hydrogen-bond donors (Lipinski definition) is 8. The average molecular weight is 670 g/mol. The van der Waals surface area contributed by atoms with Crippen LogP contribution in [0.15, 0.2) is 57.4 Å². The number of aliphatic hydroxyl groups is 3. The number of phenols is 1. The van der Waals surface area contributed by atoms with E-state index in [-0.39, 0.29) is 42.5 Å². The van der Waals surface area contributed by atoms with Crippen molar-refractivity contribution in [3.05, 3.63) is 75.3 Å². The number of aliphatic hydroxyl groups excluding tert-OH is 3. The van der Waals surface area contributed by atoms with Gasteiger partial charge in [-0.3, -0.25) is 9.59 Å². The van der Waals surface area contributed by atoms with Gasteiger partial charge in [0, 0.05) is 36.7 Å². The van der Waals surface area contributed by atoms with E-state index in [1.807, 2.05) is 0 Å². The zero-order valence-corrected chi connectivity index (χ0v) is 26.1. The highest BCUT2D eigenvalue weighted by molar-refractivity contribution is 5.90. The second-order valence-corrected chi connectivity index (χ2v) is 11.4. The van der Waals surface area contributed by atoms with Crippen LogP contribution in [-0.4, -0.2) is 87.1 Å². The summed E-state index contributed by atoms with van der Waals surface area (Å²) in [7, 11) is 0. The summed E-state index contributed by atoms with van der Waals surface area (Å²) in [4.78, 5) is 49.1. The van der Waals surface area contributed by atoms with E-state index in [4.69, 9.17) is 19.6 Å². The maximum atomic E-state index is 12.5. The number of carbonyl (C=O) groups is 3. The number of amides is 2. The number of phenolic OH excluding ortho intramolecular Hbond substituents is 1. The third-order valence-corrected chi connectivity index (χ3v) is 7.87. The van der Waals surface area contributed by atoms with Gasteiger partial charge in [0.25, 0.3) is 0 Å². The Bertz CT molecular complexity index is 1700. The molecule has 1 aliphatic heterocycles. The zero-order chi connectivity index (χ0) is 35.0. The van der Waals surface area contributed by atoms with Crippen LogP contribution in [0.4, 0.5) is 5.69 Å². The Morgan fingerprint density at radius 2 is 1.69 bits per heavy atom. The largest absolute Gasteiger partial charge is 0.508 e. The minimum atomic E-state index is -1.80. The van der Waals surface area contributed by atoms with Crippen LogP contribution in [0.1, 0.15) is 42.4 Å². The number of carbonyl (C=O) groups excluding carboxylic acids is 2. The van der Waals surface area contributed by atoms with E-state index >= 15 is 0 Å². The van der Waals surface area contributed by atoms with E-state index in [1.54, 1.807) is 25.1 Å². The second-order valence-electron chi connectivity index (χ2n) is 11.4. The fraction of sp³-hybridized carbons (Fsp3) is 0.394. The van der Waals surface area contributed by atoms with Crippen molar-refractivity contribution >= 4 is 40.5 Å². The van der Waals surface area contributed by atoms with E-state index in [9.17, 15) is 44.7 Å². The quantitative estimate of drug-likeness (QED) is 0.0387. The van der Waals surface area contributed by atoms with Gasteiger partial charge in [0.2, 0.25) is 23.9 Å². The summed E-state index contributed by atoms with van der Waals surface area (Å²) >= 11 is 0. The lowest BCUT2D eigenvalue weighted by atomic mass is 9.98. The number of nitrogen functional groups attached to an aromatic ring is 1. The van der Waals surface area contributed by atoms with E-state index < -0.39 is 48.1 Å². The number of unbranched alkanes of at least 4 members (excludes halogenated alkanes) is 2. The molecule has 1 saturated heterocycles. The first-order valence-electron chi connectivity index (χ1n) is 15.3. The normalized spacial score (nSPS) is 21.1. The average Bonchev–Trinajstić information content (AvgIpc) is 3.04. The number of aryl methyl sites for hydroxylation is 1. The number of ether oxygens (including phenoxy) is 2. The molecule has 2 aromatic carbocycles. The van der Waals surface area contributed by atoms with Crippen LogP contribution in [0.2, 0.25) is 0 Å². The number of nitrogens with one attached hydrogen (secondary N) is 2. The second kappa shape index (κ2) is 16.2. The highest BCUT2D eigenvalue weighted by Crippen LogP contribution is 2.25. The lowest BCUT2D eigenvalue weighted by Crippen LogP contribution is -2.60. The number of nitrogens with two attached hydrogens (primary N) is 1. The van der Waals surface area contributed by atoms with Crippen LogP contribution in [-0.2, 0) is 30.3 Å². The number of rotatable bonds is 14. The van der Waals surface area contributed by atoms with Crippen LogP contribution < -0.4 is 22.0 Å². The van der Waals surface area contributed by atoms with Crippen LogP contribution in [0.5, 0.6) is 5.75 Å². The Balaban J connectivity index is 1.18. The molecule has 15 heteroatoms. The fourth-order valence-electron chi connectivity index (χ4n) is 5.13. The molecular formula is C33H39N3O12. The molecule has 2 heterocycles. The van der Waals surface area contributed by atoms with Crippen molar-refractivity contribution in [2.75, 3.05) is 18.8 Å². The van der Waals surface area contributed by atoms with Crippen LogP contribution in [0.3, 0.4) is 0 Å². The Morgan fingerprint density at radius 1 is 0.958 bits per heavy atom. The summed E-state index contributed by atoms with van der Waals surface area (Å²) in [5, 5.41) is 56.1. The van der Waals surface area contributed by atoms with Crippen LogP contribution >= 0.6 is 0 Å².